The van der Waals surface area contributed by atoms with E-state index >= 15 is 0 Å². The van der Waals surface area contributed by atoms with Crippen LogP contribution in [-0.4, -0.2) is 96.7 Å². The zero-order valence-corrected chi connectivity index (χ0v) is 60.9. The van der Waals surface area contributed by atoms with E-state index in [9.17, 15) is 43.2 Å². The largest absolute Gasteiger partial charge is 0.472 e. The van der Waals surface area contributed by atoms with Crippen LogP contribution in [0.15, 0.2) is 0 Å². The predicted octanol–water partition coefficient (Wildman–Crippen LogP) is 20.8. The number of ether oxygens (including phenoxy) is 4. The predicted molar refractivity (Wildman–Crippen MR) is 368 cm³/mol. The van der Waals surface area contributed by atoms with Crippen molar-refractivity contribution in [2.75, 3.05) is 39.6 Å². The zero-order valence-electron chi connectivity index (χ0n) is 59.1. The highest BCUT2D eigenvalue weighted by Crippen LogP contribution is 2.45. The Kier molecular flexibility index (Phi) is 62.7. The summed E-state index contributed by atoms with van der Waals surface area (Å²) in [6.07, 6.45) is 50.1. The maximum absolute atomic E-state index is 13.0. The molecule has 0 aliphatic heterocycles. The molecule has 19 heteroatoms. The smallest absolute Gasteiger partial charge is 0.462 e. The number of aliphatic hydroxyl groups excluding tert-OH is 1. The van der Waals surface area contributed by atoms with Crippen molar-refractivity contribution < 1.29 is 80.2 Å². The maximum Gasteiger partial charge on any atom is 0.472 e. The van der Waals surface area contributed by atoms with Crippen molar-refractivity contribution in [3.8, 4) is 0 Å². The fourth-order valence-electron chi connectivity index (χ4n) is 10.9. The van der Waals surface area contributed by atoms with E-state index < -0.39 is 97.5 Å². The van der Waals surface area contributed by atoms with Gasteiger partial charge in [0.2, 0.25) is 0 Å². The molecule has 0 bridgehead atoms. The lowest BCUT2D eigenvalue weighted by atomic mass is 10.0. The number of phosphoric ester groups is 2. The zero-order chi connectivity index (χ0) is 67.2. The Labute approximate surface area is 556 Å². The lowest BCUT2D eigenvalue weighted by molar-refractivity contribution is -0.161. The van der Waals surface area contributed by atoms with E-state index in [2.05, 4.69) is 41.5 Å². The highest BCUT2D eigenvalue weighted by molar-refractivity contribution is 7.47. The van der Waals surface area contributed by atoms with Crippen LogP contribution in [0.5, 0.6) is 0 Å². The van der Waals surface area contributed by atoms with Crippen LogP contribution in [0.1, 0.15) is 369 Å². The summed E-state index contributed by atoms with van der Waals surface area (Å²) in [5.74, 6) is -0.633. The van der Waals surface area contributed by atoms with E-state index in [-0.39, 0.29) is 25.7 Å². The molecule has 91 heavy (non-hydrogen) atoms. The van der Waals surface area contributed by atoms with Crippen LogP contribution in [0.25, 0.3) is 0 Å². The minimum Gasteiger partial charge on any atom is -0.462 e. The molecule has 3 N–H and O–H groups in total. The molecule has 0 aliphatic rings. The van der Waals surface area contributed by atoms with E-state index in [1.807, 2.05) is 0 Å². The number of carbonyl (C=O) groups is 4. The lowest BCUT2D eigenvalue weighted by Gasteiger charge is -2.21. The summed E-state index contributed by atoms with van der Waals surface area (Å²) in [6, 6.07) is 0. The first kappa shape index (κ1) is 89.1. The van der Waals surface area contributed by atoms with Gasteiger partial charge in [0.05, 0.1) is 26.4 Å². The van der Waals surface area contributed by atoms with Gasteiger partial charge >= 0.3 is 39.5 Å². The normalized spacial score (nSPS) is 14.1. The van der Waals surface area contributed by atoms with Crippen LogP contribution in [-0.2, 0) is 65.4 Å². The van der Waals surface area contributed by atoms with E-state index in [1.165, 1.54) is 180 Å². The van der Waals surface area contributed by atoms with Crippen LogP contribution in [0, 0.1) is 11.8 Å². The molecule has 0 saturated carbocycles. The summed E-state index contributed by atoms with van der Waals surface area (Å²) in [6.45, 7) is 9.50. The first-order valence-corrected chi connectivity index (χ1v) is 40.5. The van der Waals surface area contributed by atoms with E-state index in [1.54, 1.807) is 0 Å². The Bertz CT molecular complexity index is 1770. The first-order chi connectivity index (χ1) is 43.9. The SMILES string of the molecule is CCCCCCCCCCCCCCCC(=O)OC[C@H](COP(=O)(O)OC[C@@H](O)COP(=O)(O)OC[C@@H](COC(=O)CCCCCCCCC(C)C)OC(=O)CCCCCCCCCCCC)OC(=O)CCCCCCCCCCCCCCCCCCC(C)C. The first-order valence-electron chi connectivity index (χ1n) is 37.5. The second kappa shape index (κ2) is 64.1. The van der Waals surface area contributed by atoms with Gasteiger partial charge in [-0.15, -0.1) is 0 Å². The summed E-state index contributed by atoms with van der Waals surface area (Å²) in [5.41, 5.74) is 0. The monoisotopic (exact) mass is 1340 g/mol. The number of carbonyl (C=O) groups excluding carboxylic acids is 4. The third-order valence-corrected chi connectivity index (χ3v) is 18.6. The van der Waals surface area contributed by atoms with Gasteiger partial charge in [0, 0.05) is 25.7 Å². The molecule has 0 aliphatic carbocycles. The van der Waals surface area contributed by atoms with Crippen molar-refractivity contribution in [3.63, 3.8) is 0 Å². The summed E-state index contributed by atoms with van der Waals surface area (Å²) >= 11 is 0. The fraction of sp³-hybridized carbons (Fsp3) is 0.944. The standard InChI is InChI=1S/C72H140O17P2/c1-7-9-11-13-15-17-19-24-28-32-35-42-48-54-69(74)82-60-67(88-72(77)57-51-45-37-33-29-26-23-21-20-22-25-27-30-34-40-46-52-64(3)4)62-86-90(78,79)84-58-66(73)59-85-91(80,81)87-63-68(61-83-70(75)55-49-43-39-38-41-47-53-65(5)6)89-71(76)56-50-44-36-31-18-16-14-12-10-8-2/h64-68,73H,7-63H2,1-6H3,(H,78,79)(H,80,81)/t66-,67-,68-/m1/s1. The van der Waals surface area contributed by atoms with Crippen molar-refractivity contribution in [2.45, 2.75) is 387 Å². The Balaban J connectivity index is 5.20. The van der Waals surface area contributed by atoms with Crippen molar-refractivity contribution >= 4 is 39.5 Å². The van der Waals surface area contributed by atoms with Crippen molar-refractivity contribution in [3.05, 3.63) is 0 Å². The van der Waals surface area contributed by atoms with Gasteiger partial charge in [0.1, 0.15) is 19.3 Å². The molecule has 0 saturated heterocycles. The molecule has 0 aromatic rings. The second-order valence-electron chi connectivity index (χ2n) is 26.9. The Morgan fingerprint density at radius 2 is 0.505 bits per heavy atom. The molecule has 0 radical (unpaired) electrons. The highest BCUT2D eigenvalue weighted by Gasteiger charge is 2.30. The number of unbranched alkanes of at least 4 members (excludes halogenated alkanes) is 41. The quantitative estimate of drug-likeness (QED) is 0.0222. The molecule has 0 rings (SSSR count). The number of esters is 4. The molecule has 0 amide bonds. The van der Waals surface area contributed by atoms with E-state index in [0.29, 0.717) is 31.6 Å². The van der Waals surface area contributed by atoms with Gasteiger partial charge in [-0.2, -0.15) is 0 Å². The molecular formula is C72H140O17P2. The van der Waals surface area contributed by atoms with Crippen LogP contribution < -0.4 is 0 Å². The number of phosphoric acid groups is 2. The topological polar surface area (TPSA) is 237 Å². The van der Waals surface area contributed by atoms with E-state index in [0.717, 1.165) is 102 Å². The number of rotatable bonds is 71. The van der Waals surface area contributed by atoms with Gasteiger partial charge in [-0.25, -0.2) is 9.13 Å². The third kappa shape index (κ3) is 66.5. The number of hydrogen-bond acceptors (Lipinski definition) is 15. The van der Waals surface area contributed by atoms with Gasteiger partial charge < -0.3 is 33.8 Å². The molecule has 0 aromatic heterocycles. The maximum atomic E-state index is 13.0. The number of hydrogen-bond donors (Lipinski definition) is 3. The van der Waals surface area contributed by atoms with Crippen molar-refractivity contribution in [1.29, 1.82) is 0 Å². The van der Waals surface area contributed by atoms with Crippen molar-refractivity contribution in [2.24, 2.45) is 11.8 Å². The molecule has 5 atom stereocenters. The Hall–Kier alpha value is -1.94. The fourth-order valence-corrected chi connectivity index (χ4v) is 12.5. The van der Waals surface area contributed by atoms with Crippen LogP contribution in [0.2, 0.25) is 0 Å². The lowest BCUT2D eigenvalue weighted by Crippen LogP contribution is -2.30. The summed E-state index contributed by atoms with van der Waals surface area (Å²) in [4.78, 5) is 72.5. The van der Waals surface area contributed by atoms with Gasteiger partial charge in [0.25, 0.3) is 0 Å². The summed E-state index contributed by atoms with van der Waals surface area (Å²) < 4.78 is 68.3. The Morgan fingerprint density at radius 1 is 0.297 bits per heavy atom. The van der Waals surface area contributed by atoms with Gasteiger partial charge in [0.15, 0.2) is 12.2 Å². The Morgan fingerprint density at radius 3 is 0.747 bits per heavy atom. The van der Waals surface area contributed by atoms with Gasteiger partial charge in [-0.3, -0.25) is 37.3 Å². The molecule has 17 nitrogen and oxygen atoms in total. The molecule has 2 unspecified atom stereocenters. The van der Waals surface area contributed by atoms with E-state index in [4.69, 9.17) is 37.0 Å². The van der Waals surface area contributed by atoms with Gasteiger partial charge in [-0.1, -0.05) is 318 Å². The molecule has 540 valence electrons. The molecule has 0 heterocycles. The van der Waals surface area contributed by atoms with Crippen molar-refractivity contribution in [1.82, 2.24) is 0 Å². The van der Waals surface area contributed by atoms with Crippen LogP contribution >= 0.6 is 15.6 Å². The summed E-state index contributed by atoms with van der Waals surface area (Å²) in [7, 11) is -9.90. The molecular weight excluding hydrogens is 1200 g/mol. The minimum atomic E-state index is -4.95. The second-order valence-corrected chi connectivity index (χ2v) is 29.8. The van der Waals surface area contributed by atoms with Gasteiger partial charge in [-0.05, 0) is 37.5 Å². The number of aliphatic hydroxyl groups is 1. The molecule has 0 fully saturated rings. The van der Waals surface area contributed by atoms with Crippen LogP contribution in [0.3, 0.4) is 0 Å². The average molecular weight is 1340 g/mol. The minimum absolute atomic E-state index is 0.105. The third-order valence-electron chi connectivity index (χ3n) is 16.7. The molecule has 0 aromatic carbocycles. The van der Waals surface area contributed by atoms with Crippen LogP contribution in [0.4, 0.5) is 0 Å². The highest BCUT2D eigenvalue weighted by atomic mass is 31.2. The molecule has 0 spiro atoms. The average Bonchev–Trinajstić information content (AvgIpc) is 2.60. The summed E-state index contributed by atoms with van der Waals surface area (Å²) in [5, 5.41) is 10.6.